The summed E-state index contributed by atoms with van der Waals surface area (Å²) in [7, 11) is 0. The predicted molar refractivity (Wildman–Crippen MR) is 235 cm³/mol. The number of hydrogen-bond acceptors (Lipinski definition) is 9. The van der Waals surface area contributed by atoms with Crippen molar-refractivity contribution < 1.29 is 33.8 Å². The number of aromatic amines is 1. The van der Waals surface area contributed by atoms with Crippen LogP contribution < -0.4 is 43.6 Å². The second kappa shape index (κ2) is 21.7. The number of nitrogens with two attached hydrogens (primary N) is 3. The zero-order chi connectivity index (χ0) is 44.8. The molecule has 17 nitrogen and oxygen atoms in total. The van der Waals surface area contributed by atoms with Gasteiger partial charge in [-0.3, -0.25) is 34.0 Å². The van der Waals surface area contributed by atoms with Gasteiger partial charge >= 0.3 is 0 Å². The predicted octanol–water partition coefficient (Wildman–Crippen LogP) is 1.27. The summed E-state index contributed by atoms with van der Waals surface area (Å²) in [5.41, 5.74) is 22.0. The Morgan fingerprint density at radius 1 is 0.790 bits per heavy atom. The highest BCUT2D eigenvalue weighted by molar-refractivity contribution is 5.96. The van der Waals surface area contributed by atoms with Gasteiger partial charge in [-0.2, -0.15) is 0 Å². The highest BCUT2D eigenvalue weighted by Crippen LogP contribution is 2.44. The van der Waals surface area contributed by atoms with E-state index in [0.29, 0.717) is 5.56 Å². The number of carbonyl (C=O) groups excluding carboxylic acids is 5. The van der Waals surface area contributed by atoms with Gasteiger partial charge in [-0.15, -0.1) is 13.2 Å². The number of aliphatic imine (C=N–C) groups is 2. The summed E-state index contributed by atoms with van der Waals surface area (Å²) >= 11 is 0. The molecule has 0 radical (unpaired) electrons. The van der Waals surface area contributed by atoms with Crippen molar-refractivity contribution in [1.82, 2.24) is 26.3 Å². The number of hydrogen-bond donors (Lipinski definition) is 8. The molecule has 0 fully saturated rings. The molecule has 0 spiro atoms. The summed E-state index contributed by atoms with van der Waals surface area (Å²) < 4.78 is 5.59. The normalized spacial score (nSPS) is 14.4. The smallest absolute Gasteiger partial charge is 0.245 e. The molecule has 5 atom stereocenters. The van der Waals surface area contributed by atoms with Crippen molar-refractivity contribution in [1.29, 1.82) is 0 Å². The minimum absolute atomic E-state index is 0.00316. The van der Waals surface area contributed by atoms with Gasteiger partial charge in [0.25, 0.3) is 0 Å². The summed E-state index contributed by atoms with van der Waals surface area (Å²) in [6, 6.07) is 17.1. The van der Waals surface area contributed by atoms with Crippen molar-refractivity contribution in [2.75, 3.05) is 13.2 Å². The summed E-state index contributed by atoms with van der Waals surface area (Å²) in [5, 5.41) is 24.4. The zero-order valence-electron chi connectivity index (χ0n) is 34.5. The number of benzene rings is 3. The molecule has 17 heteroatoms. The van der Waals surface area contributed by atoms with Crippen LogP contribution >= 0.6 is 0 Å². The molecule has 62 heavy (non-hydrogen) atoms. The van der Waals surface area contributed by atoms with Crippen LogP contribution in [-0.2, 0) is 35.1 Å². The molecular formula is C45H53N10O7-. The molecule has 326 valence electrons. The number of para-hydroxylation sites is 1. The van der Waals surface area contributed by atoms with Crippen molar-refractivity contribution in [2.24, 2.45) is 27.2 Å². The number of rotatable bonds is 22. The third-order valence-electron chi connectivity index (χ3n) is 10.4. The molecule has 0 saturated heterocycles. The van der Waals surface area contributed by atoms with Crippen molar-refractivity contribution in [2.45, 2.75) is 75.2 Å². The number of primary amides is 1. The number of H-pyrrole nitrogens is 1. The van der Waals surface area contributed by atoms with Crippen LogP contribution in [0.3, 0.4) is 0 Å². The van der Waals surface area contributed by atoms with Gasteiger partial charge in [0.1, 0.15) is 36.3 Å². The molecule has 1 aliphatic carbocycles. The zero-order valence-corrected chi connectivity index (χ0v) is 34.5. The lowest BCUT2D eigenvalue weighted by Gasteiger charge is -2.26. The summed E-state index contributed by atoms with van der Waals surface area (Å²) in [6.07, 6.45) is 3.89. The van der Waals surface area contributed by atoms with Crippen LogP contribution in [0.2, 0.25) is 0 Å². The van der Waals surface area contributed by atoms with Gasteiger partial charge in [0.2, 0.25) is 29.5 Å². The van der Waals surface area contributed by atoms with E-state index in [1.165, 1.54) is 19.1 Å². The Kier molecular flexibility index (Phi) is 16.0. The number of ether oxygens (including phenoxy) is 1. The maximum Gasteiger partial charge on any atom is 0.245 e. The minimum atomic E-state index is -1.27. The molecule has 11 N–H and O–H groups in total. The Balaban J connectivity index is 1.30. The molecule has 5 amide bonds. The topological polar surface area (TPSA) is 284 Å². The van der Waals surface area contributed by atoms with E-state index in [-0.39, 0.29) is 57.1 Å². The lowest BCUT2D eigenvalue weighted by atomic mass is 9.98. The fourth-order valence-corrected chi connectivity index (χ4v) is 7.27. The molecule has 0 bridgehead atoms. The fourth-order valence-electron chi connectivity index (χ4n) is 7.27. The van der Waals surface area contributed by atoms with E-state index in [0.717, 1.165) is 33.2 Å². The van der Waals surface area contributed by atoms with Crippen LogP contribution in [0.4, 0.5) is 0 Å². The van der Waals surface area contributed by atoms with Crippen LogP contribution in [-0.4, -0.2) is 89.9 Å². The summed E-state index contributed by atoms with van der Waals surface area (Å²) in [6.45, 7) is 8.84. The van der Waals surface area contributed by atoms with Crippen LogP contribution in [0.15, 0.2) is 114 Å². The summed E-state index contributed by atoms with van der Waals surface area (Å²) in [5.74, 6) is -4.11. The number of amides is 5. The van der Waals surface area contributed by atoms with Gasteiger partial charge in [-0.1, -0.05) is 78.9 Å². The Bertz CT molecular complexity index is 2290. The van der Waals surface area contributed by atoms with Crippen LogP contribution in [0.25, 0.3) is 22.0 Å². The van der Waals surface area contributed by atoms with E-state index in [9.17, 15) is 29.1 Å². The minimum Gasteiger partial charge on any atom is -0.599 e. The quantitative estimate of drug-likeness (QED) is 0.0244. The van der Waals surface area contributed by atoms with Crippen LogP contribution in [0.5, 0.6) is 0 Å². The van der Waals surface area contributed by atoms with E-state index in [1.54, 1.807) is 6.20 Å². The lowest BCUT2D eigenvalue weighted by Crippen LogP contribution is -2.58. The monoisotopic (exact) mass is 845 g/mol. The van der Waals surface area contributed by atoms with E-state index < -0.39 is 65.8 Å². The Morgan fingerprint density at radius 3 is 2.03 bits per heavy atom. The fraction of sp³-hybridized carbons (Fsp3) is 0.311. The van der Waals surface area contributed by atoms with Crippen LogP contribution in [0, 0.1) is 0 Å². The number of aromatic nitrogens is 1. The van der Waals surface area contributed by atoms with Gasteiger partial charge in [0.15, 0.2) is 5.96 Å². The summed E-state index contributed by atoms with van der Waals surface area (Å²) in [4.78, 5) is 78.1. The molecule has 0 saturated carbocycles. The van der Waals surface area contributed by atoms with Gasteiger partial charge < -0.3 is 53.3 Å². The highest BCUT2D eigenvalue weighted by Gasteiger charge is 2.32. The number of nitrogens with zero attached hydrogens (tertiary/aromatic N) is 2. The maximum absolute atomic E-state index is 14.1. The second-order valence-electron chi connectivity index (χ2n) is 14.8. The van der Waals surface area contributed by atoms with Crippen molar-refractivity contribution in [3.63, 3.8) is 0 Å². The molecular weight excluding hydrogens is 793 g/mol. The molecule has 1 heterocycles. The largest absolute Gasteiger partial charge is 0.599 e. The first kappa shape index (κ1) is 45.7. The van der Waals surface area contributed by atoms with Gasteiger partial charge in [-0.25, -0.2) is 0 Å². The van der Waals surface area contributed by atoms with Gasteiger partial charge in [-0.05, 0) is 66.5 Å². The SMILES string of the molecule is C=CC[C@H](NC(=O)[C@H](CCCN=C(N)N)NC(=O)[C@H](Cc1c[nH]c2ccccc12)NC(=O)[C@H](C)NC(=O)[C@@H](CC=C)N=C([O-])OCC1c2ccccc2-c2ccccc21)C(N)=O. The van der Waals surface area contributed by atoms with Crippen molar-refractivity contribution >= 4 is 52.5 Å². The van der Waals surface area contributed by atoms with E-state index in [4.69, 9.17) is 21.9 Å². The highest BCUT2D eigenvalue weighted by atomic mass is 16.6. The average molecular weight is 846 g/mol. The molecule has 4 aromatic rings. The first-order chi connectivity index (χ1) is 29.8. The second-order valence-corrected chi connectivity index (χ2v) is 14.8. The lowest BCUT2D eigenvalue weighted by molar-refractivity contribution is -0.251. The van der Waals surface area contributed by atoms with Gasteiger partial charge in [0.05, 0.1) is 0 Å². The van der Waals surface area contributed by atoms with Gasteiger partial charge in [0, 0.05) is 42.6 Å². The first-order valence-corrected chi connectivity index (χ1v) is 20.2. The number of nitrogens with one attached hydrogen (secondary N) is 5. The van der Waals surface area contributed by atoms with Crippen LogP contribution in [0.1, 0.15) is 55.2 Å². The Hall–Kier alpha value is -7.43. The van der Waals surface area contributed by atoms with E-state index in [1.807, 2.05) is 72.8 Å². The molecule has 1 aliphatic rings. The van der Waals surface area contributed by atoms with Crippen molar-refractivity contribution in [3.8, 4) is 11.1 Å². The van der Waals surface area contributed by atoms with Crippen molar-refractivity contribution in [3.05, 3.63) is 121 Å². The Morgan fingerprint density at radius 2 is 1.39 bits per heavy atom. The first-order valence-electron chi connectivity index (χ1n) is 20.2. The molecule has 5 rings (SSSR count). The van der Waals surface area contributed by atoms with E-state index >= 15 is 0 Å². The molecule has 0 unspecified atom stereocenters. The molecule has 3 aromatic carbocycles. The Labute approximate surface area is 359 Å². The third-order valence-corrected chi connectivity index (χ3v) is 10.4. The number of fused-ring (bicyclic) bond motifs is 4. The standard InChI is InChI=1S/C45H54N10O7/c1-4-13-35(39(46)56)52-42(59)37(21-12-22-49-44(47)48)53-43(60)38(23-27-24-50-34-20-11-10-15-28(27)34)54-40(57)26(3)51-41(58)36(14-5-2)55-45(61)62-25-33-31-18-8-6-16-29(31)30-17-7-9-19-32(30)33/h4-11,15-20,24,26,33,35-38,50H,1-2,12-14,21-23,25H2,3H3,(H2,46,56)(H,51,58)(H,52,59)(H,53,60)(H,54,57)(H,55,61)(H4,47,48,49)/p-1/t26-,35-,36+,37-,38-/m0/s1. The third kappa shape index (κ3) is 11.9. The molecule has 0 aliphatic heterocycles. The number of carbonyl (C=O) groups is 5. The number of guanidine groups is 1. The average Bonchev–Trinajstić information content (AvgIpc) is 3.81. The molecule has 1 aromatic heterocycles. The maximum atomic E-state index is 14.1. The van der Waals surface area contributed by atoms with E-state index in [2.05, 4.69) is 49.4 Å².